The number of fused-ring (bicyclic) bond motifs is 2. The van der Waals surface area contributed by atoms with E-state index in [4.69, 9.17) is 16.3 Å². The summed E-state index contributed by atoms with van der Waals surface area (Å²) in [7, 11) is 0. The Kier molecular flexibility index (Phi) is 3.15. The lowest BCUT2D eigenvalue weighted by Gasteiger charge is -2.57. The van der Waals surface area contributed by atoms with Gasteiger partial charge in [-0.3, -0.25) is 0 Å². The Balaban J connectivity index is 2.06. The van der Waals surface area contributed by atoms with Gasteiger partial charge in [0.25, 0.3) is 0 Å². The summed E-state index contributed by atoms with van der Waals surface area (Å²) in [5.74, 6) is 0. The van der Waals surface area contributed by atoms with Crippen molar-refractivity contribution in [2.45, 2.75) is 68.4 Å². The highest BCUT2D eigenvalue weighted by Crippen LogP contribution is 2.71. The first-order chi connectivity index (χ1) is 8.57. The molecule has 0 aromatic rings. The molecule has 1 aliphatic heterocycles. The molecule has 19 heavy (non-hydrogen) atoms. The number of hydrogen-bond acceptors (Lipinski definition) is 1. The Morgan fingerprint density at radius 3 is 2.47 bits per heavy atom. The summed E-state index contributed by atoms with van der Waals surface area (Å²) < 4.78 is 7.40. The molecule has 2 aliphatic carbocycles. The molecule has 5 atom stereocenters. The Bertz CT molecular complexity index is 459. The summed E-state index contributed by atoms with van der Waals surface area (Å²) in [6, 6.07) is 0. The van der Waals surface area contributed by atoms with Gasteiger partial charge in [-0.05, 0) is 39.2 Å². The van der Waals surface area contributed by atoms with Crippen LogP contribution in [0.4, 0.5) is 0 Å². The topological polar surface area (TPSA) is 12.5 Å². The van der Waals surface area contributed by atoms with Crippen LogP contribution < -0.4 is 0 Å². The van der Waals surface area contributed by atoms with Crippen LogP contribution in [0, 0.1) is 10.8 Å². The minimum Gasteiger partial charge on any atom is -0.361 e. The van der Waals surface area contributed by atoms with E-state index < -0.39 is 0 Å². The molecule has 0 N–H and O–H groups in total. The molecule has 1 spiro atoms. The third kappa shape index (κ3) is 1.74. The predicted octanol–water partition coefficient (Wildman–Crippen LogP) is 5.39. The van der Waals surface area contributed by atoms with Gasteiger partial charge in [0.1, 0.15) is 11.7 Å². The van der Waals surface area contributed by atoms with E-state index in [-0.39, 0.29) is 27.4 Å². The van der Waals surface area contributed by atoms with Gasteiger partial charge in [-0.25, -0.2) is 0 Å². The highest BCUT2D eigenvalue weighted by molar-refractivity contribution is 9.11. The van der Waals surface area contributed by atoms with Crippen molar-refractivity contribution in [1.82, 2.24) is 0 Å². The Hall–Kier alpha value is 0.950. The van der Waals surface area contributed by atoms with Gasteiger partial charge < -0.3 is 4.74 Å². The fourth-order valence-electron chi connectivity index (χ4n) is 4.25. The molecular weight excluding hydrogens is 391 g/mol. The molecule has 0 aromatic heterocycles. The molecule has 3 aliphatic rings. The van der Waals surface area contributed by atoms with E-state index >= 15 is 0 Å². The molecule has 108 valence electrons. The van der Waals surface area contributed by atoms with Crippen molar-refractivity contribution in [1.29, 1.82) is 0 Å². The predicted molar refractivity (Wildman–Crippen MR) is 87.3 cm³/mol. The maximum Gasteiger partial charge on any atom is 0.107 e. The number of epoxide rings is 1. The summed E-state index contributed by atoms with van der Waals surface area (Å²) in [4.78, 5) is 0.185. The van der Waals surface area contributed by atoms with Crippen LogP contribution in [0.15, 0.2) is 10.6 Å². The smallest absolute Gasteiger partial charge is 0.107 e. The molecule has 0 radical (unpaired) electrons. The van der Waals surface area contributed by atoms with Crippen LogP contribution >= 0.6 is 43.5 Å². The molecule has 0 amide bonds. The van der Waals surface area contributed by atoms with Crippen molar-refractivity contribution in [3.63, 3.8) is 0 Å². The molecule has 1 saturated carbocycles. The molecule has 0 bridgehead atoms. The fourth-order valence-corrected chi connectivity index (χ4v) is 5.82. The van der Waals surface area contributed by atoms with E-state index in [0.29, 0.717) is 4.83 Å². The van der Waals surface area contributed by atoms with Gasteiger partial charge >= 0.3 is 0 Å². The third-order valence-electron chi connectivity index (χ3n) is 6.12. The Morgan fingerprint density at radius 1 is 1.26 bits per heavy atom. The second kappa shape index (κ2) is 4.02. The molecule has 4 heteroatoms. The first kappa shape index (κ1) is 14.9. The van der Waals surface area contributed by atoms with Gasteiger partial charge in [0, 0.05) is 20.1 Å². The quantitative estimate of drug-likeness (QED) is 0.384. The first-order valence-corrected chi connectivity index (χ1v) is 9.04. The van der Waals surface area contributed by atoms with Crippen LogP contribution in [0.5, 0.6) is 0 Å². The van der Waals surface area contributed by atoms with Crippen molar-refractivity contribution in [3.05, 3.63) is 10.6 Å². The Labute approximate surface area is 137 Å². The fraction of sp³-hybridized carbons (Fsp3) is 0.867. The van der Waals surface area contributed by atoms with Gasteiger partial charge in [-0.1, -0.05) is 45.7 Å². The standard InChI is InChI=1S/C15H21Br2ClO/c1-12(2)9(16)7-11-14(4,19-11)15(12)6-5-13(3,18)10(17)8-15/h7,10-11H,5-6,8H2,1-4H3/t10-,11+,13-,14?,15?/m0/s1. The maximum absolute atomic E-state index is 6.65. The highest BCUT2D eigenvalue weighted by Gasteiger charge is 2.73. The third-order valence-corrected chi connectivity index (χ3v) is 9.43. The van der Waals surface area contributed by atoms with Crippen LogP contribution in [0.1, 0.15) is 47.0 Å². The summed E-state index contributed by atoms with van der Waals surface area (Å²) in [6.07, 6.45) is 5.74. The minimum atomic E-state index is -0.143. The molecule has 2 fully saturated rings. The van der Waals surface area contributed by atoms with Crippen LogP contribution in [0.3, 0.4) is 0 Å². The van der Waals surface area contributed by atoms with Crippen LogP contribution in [-0.2, 0) is 4.74 Å². The Morgan fingerprint density at radius 2 is 1.89 bits per heavy atom. The second-order valence-electron chi connectivity index (χ2n) is 7.32. The van der Waals surface area contributed by atoms with Gasteiger partial charge in [-0.15, -0.1) is 11.6 Å². The highest BCUT2D eigenvalue weighted by atomic mass is 79.9. The number of halogens is 3. The summed E-state index contributed by atoms with van der Waals surface area (Å²) in [6.45, 7) is 9.11. The lowest BCUT2D eigenvalue weighted by Crippen LogP contribution is -2.57. The molecule has 1 saturated heterocycles. The molecule has 1 heterocycles. The summed E-state index contributed by atoms with van der Waals surface area (Å²) in [5, 5.41) is 0. The van der Waals surface area contributed by atoms with Crippen LogP contribution in [-0.4, -0.2) is 21.4 Å². The monoisotopic (exact) mass is 410 g/mol. The molecule has 2 unspecified atom stereocenters. The zero-order valence-electron chi connectivity index (χ0n) is 11.9. The summed E-state index contributed by atoms with van der Waals surface area (Å²) in [5.41, 5.74) is 0.224. The second-order valence-corrected chi connectivity index (χ2v) is 10.1. The first-order valence-electron chi connectivity index (χ1n) is 6.95. The van der Waals surface area contributed by atoms with E-state index in [0.717, 1.165) is 19.3 Å². The molecule has 3 rings (SSSR count). The number of rotatable bonds is 0. The molecule has 1 nitrogen and oxygen atoms in total. The lowest BCUT2D eigenvalue weighted by molar-refractivity contribution is -0.0251. The maximum atomic E-state index is 6.65. The van der Waals surface area contributed by atoms with Crippen molar-refractivity contribution < 1.29 is 4.74 Å². The van der Waals surface area contributed by atoms with Crippen molar-refractivity contribution in [3.8, 4) is 0 Å². The van der Waals surface area contributed by atoms with E-state index in [2.05, 4.69) is 65.6 Å². The van der Waals surface area contributed by atoms with E-state index in [9.17, 15) is 0 Å². The number of hydrogen-bond donors (Lipinski definition) is 0. The van der Waals surface area contributed by atoms with Gasteiger partial charge in [0.05, 0.1) is 4.87 Å². The van der Waals surface area contributed by atoms with Gasteiger partial charge in [0.15, 0.2) is 0 Å². The zero-order chi connectivity index (χ0) is 14.3. The number of ether oxygens (including phenoxy) is 1. The molecular formula is C15H21Br2ClO. The van der Waals surface area contributed by atoms with E-state index in [1.54, 1.807) is 0 Å². The van der Waals surface area contributed by atoms with E-state index in [1.165, 1.54) is 4.48 Å². The zero-order valence-corrected chi connectivity index (χ0v) is 15.8. The van der Waals surface area contributed by atoms with E-state index in [1.807, 2.05) is 0 Å². The van der Waals surface area contributed by atoms with Crippen LogP contribution in [0.25, 0.3) is 0 Å². The average molecular weight is 413 g/mol. The van der Waals surface area contributed by atoms with Crippen molar-refractivity contribution in [2.24, 2.45) is 10.8 Å². The van der Waals surface area contributed by atoms with Gasteiger partial charge in [-0.2, -0.15) is 0 Å². The van der Waals surface area contributed by atoms with Crippen molar-refractivity contribution in [2.75, 3.05) is 0 Å². The average Bonchev–Trinajstić information content (AvgIpc) is 2.94. The lowest BCUT2D eigenvalue weighted by atomic mass is 9.49. The minimum absolute atomic E-state index is 0.0207. The number of allylic oxidation sites excluding steroid dienone is 1. The SMILES string of the molecule is CC1(C)C(Br)=C[C@H]2OC2(C)C12CC[C@](C)(Cl)[C@@H](Br)C2. The number of alkyl halides is 2. The largest absolute Gasteiger partial charge is 0.361 e. The molecule has 0 aromatic carbocycles. The van der Waals surface area contributed by atoms with Gasteiger partial charge in [0.2, 0.25) is 0 Å². The summed E-state index contributed by atoms with van der Waals surface area (Å²) >= 11 is 14.3. The van der Waals surface area contributed by atoms with Crippen molar-refractivity contribution >= 4 is 43.5 Å². The normalized spacial score (nSPS) is 55.6. The van der Waals surface area contributed by atoms with Crippen LogP contribution in [0.2, 0.25) is 0 Å².